The summed E-state index contributed by atoms with van der Waals surface area (Å²) in [6, 6.07) is 3.41. The highest BCUT2D eigenvalue weighted by Gasteiger charge is 2.29. The third-order valence-corrected chi connectivity index (χ3v) is 7.90. The topological polar surface area (TPSA) is 102 Å². The number of halogens is 2. The van der Waals surface area contributed by atoms with Gasteiger partial charge in [-0.15, -0.1) is 0 Å². The standard InChI is InChI=1S/C21H24F2N6O2S/c22-13-5-6-17(16(23)11-13)26-21-27-18-12-24-20(25-14-3-1-2-4-14)28-19(18)29(21)15-7-9-32(30,31)10-8-15/h5-6,11-12,14-15H,1-4,7-10H2,(H,26,27)(H,24,25,28). The third-order valence-electron chi connectivity index (χ3n) is 6.19. The van der Waals surface area contributed by atoms with E-state index in [2.05, 4.69) is 25.6 Å². The third kappa shape index (κ3) is 4.25. The van der Waals surface area contributed by atoms with Crippen LogP contribution in [0.4, 0.5) is 26.4 Å². The summed E-state index contributed by atoms with van der Waals surface area (Å²) in [5, 5.41) is 6.31. The number of hydrogen-bond acceptors (Lipinski definition) is 7. The van der Waals surface area contributed by atoms with Crippen LogP contribution in [-0.2, 0) is 9.84 Å². The van der Waals surface area contributed by atoms with Gasteiger partial charge in [0.15, 0.2) is 5.65 Å². The van der Waals surface area contributed by atoms with Crippen molar-refractivity contribution in [3.8, 4) is 0 Å². The van der Waals surface area contributed by atoms with Crippen molar-refractivity contribution in [3.05, 3.63) is 36.0 Å². The molecule has 32 heavy (non-hydrogen) atoms. The first-order valence-electron chi connectivity index (χ1n) is 10.8. The Labute approximate surface area is 184 Å². The first-order chi connectivity index (χ1) is 15.4. The molecule has 3 aromatic rings. The van der Waals surface area contributed by atoms with Crippen LogP contribution in [0.3, 0.4) is 0 Å². The van der Waals surface area contributed by atoms with E-state index in [0.29, 0.717) is 41.9 Å². The maximum absolute atomic E-state index is 14.3. The van der Waals surface area contributed by atoms with E-state index < -0.39 is 21.5 Å². The molecule has 170 valence electrons. The van der Waals surface area contributed by atoms with Gasteiger partial charge >= 0.3 is 0 Å². The maximum Gasteiger partial charge on any atom is 0.224 e. The van der Waals surface area contributed by atoms with E-state index in [4.69, 9.17) is 0 Å². The average Bonchev–Trinajstić information content (AvgIpc) is 3.38. The van der Waals surface area contributed by atoms with Gasteiger partial charge in [-0.05, 0) is 37.8 Å². The summed E-state index contributed by atoms with van der Waals surface area (Å²) in [6.07, 6.45) is 6.91. The SMILES string of the molecule is O=S1(=O)CCC(n2c(Nc3ccc(F)cc3F)nc3cnc(NC4CCCC4)nc32)CC1. The summed E-state index contributed by atoms with van der Waals surface area (Å²) in [5.74, 6) is -0.465. The van der Waals surface area contributed by atoms with E-state index in [0.717, 1.165) is 25.0 Å². The number of fused-ring (bicyclic) bond motifs is 1. The minimum atomic E-state index is -3.07. The van der Waals surface area contributed by atoms with Crippen LogP contribution in [0.2, 0.25) is 0 Å². The van der Waals surface area contributed by atoms with Gasteiger partial charge in [-0.1, -0.05) is 12.8 Å². The highest BCUT2D eigenvalue weighted by atomic mass is 32.2. The lowest BCUT2D eigenvalue weighted by atomic mass is 10.1. The lowest BCUT2D eigenvalue weighted by molar-refractivity contribution is 0.461. The van der Waals surface area contributed by atoms with Gasteiger partial charge in [0.05, 0.1) is 23.4 Å². The van der Waals surface area contributed by atoms with Gasteiger partial charge in [-0.2, -0.15) is 4.98 Å². The van der Waals surface area contributed by atoms with E-state index in [1.807, 2.05) is 4.57 Å². The van der Waals surface area contributed by atoms with Gasteiger partial charge in [-0.3, -0.25) is 4.57 Å². The molecular formula is C21H24F2N6O2S. The van der Waals surface area contributed by atoms with Crippen molar-refractivity contribution in [2.24, 2.45) is 0 Å². The quantitative estimate of drug-likeness (QED) is 0.592. The summed E-state index contributed by atoms with van der Waals surface area (Å²) in [6.45, 7) is 0. The fourth-order valence-electron chi connectivity index (χ4n) is 4.49. The molecule has 8 nitrogen and oxygen atoms in total. The Morgan fingerprint density at radius 3 is 2.50 bits per heavy atom. The van der Waals surface area contributed by atoms with Crippen LogP contribution in [0.25, 0.3) is 11.2 Å². The number of nitrogens with zero attached hydrogens (tertiary/aromatic N) is 4. The molecule has 11 heteroatoms. The van der Waals surface area contributed by atoms with E-state index in [-0.39, 0.29) is 23.2 Å². The molecule has 1 aliphatic carbocycles. The van der Waals surface area contributed by atoms with E-state index in [1.165, 1.54) is 18.9 Å². The molecule has 0 atom stereocenters. The molecule has 2 aliphatic rings. The number of benzene rings is 1. The van der Waals surface area contributed by atoms with Gasteiger partial charge in [-0.25, -0.2) is 27.2 Å². The number of rotatable bonds is 5. The minimum absolute atomic E-state index is 0.0694. The molecule has 0 unspecified atom stereocenters. The molecule has 3 heterocycles. The molecule has 1 aliphatic heterocycles. The Morgan fingerprint density at radius 2 is 1.78 bits per heavy atom. The molecule has 0 spiro atoms. The van der Waals surface area contributed by atoms with Crippen molar-refractivity contribution >= 4 is 38.6 Å². The van der Waals surface area contributed by atoms with E-state index >= 15 is 0 Å². The van der Waals surface area contributed by atoms with Crippen molar-refractivity contribution in [3.63, 3.8) is 0 Å². The highest BCUT2D eigenvalue weighted by molar-refractivity contribution is 7.91. The predicted octanol–water partition coefficient (Wildman–Crippen LogP) is 3.95. The van der Waals surface area contributed by atoms with Crippen molar-refractivity contribution in [1.82, 2.24) is 19.5 Å². The Hall–Kier alpha value is -2.82. The second kappa shape index (κ2) is 8.27. The molecule has 5 rings (SSSR count). The zero-order chi connectivity index (χ0) is 22.3. The molecule has 1 saturated heterocycles. The van der Waals surface area contributed by atoms with Crippen LogP contribution >= 0.6 is 0 Å². The zero-order valence-corrected chi connectivity index (χ0v) is 18.2. The van der Waals surface area contributed by atoms with Crippen molar-refractivity contribution < 1.29 is 17.2 Å². The molecule has 2 fully saturated rings. The summed E-state index contributed by atoms with van der Waals surface area (Å²) in [5.41, 5.74) is 1.14. The highest BCUT2D eigenvalue weighted by Crippen LogP contribution is 2.33. The minimum Gasteiger partial charge on any atom is -0.351 e. The Balaban J connectivity index is 1.55. The first kappa shape index (κ1) is 21.0. The molecule has 0 bridgehead atoms. The summed E-state index contributed by atoms with van der Waals surface area (Å²) in [7, 11) is -3.07. The fourth-order valence-corrected chi connectivity index (χ4v) is 5.96. The van der Waals surface area contributed by atoms with Crippen molar-refractivity contribution in [2.75, 3.05) is 22.1 Å². The molecule has 2 N–H and O–H groups in total. The van der Waals surface area contributed by atoms with Crippen molar-refractivity contribution in [1.29, 1.82) is 0 Å². The number of sulfone groups is 1. The van der Waals surface area contributed by atoms with Crippen LogP contribution in [-0.4, -0.2) is 45.5 Å². The van der Waals surface area contributed by atoms with Crippen LogP contribution in [0.15, 0.2) is 24.4 Å². The van der Waals surface area contributed by atoms with Gasteiger partial charge in [0.25, 0.3) is 0 Å². The predicted molar refractivity (Wildman–Crippen MR) is 118 cm³/mol. The van der Waals surface area contributed by atoms with Gasteiger partial charge < -0.3 is 10.6 Å². The van der Waals surface area contributed by atoms with Gasteiger partial charge in [0.1, 0.15) is 27.0 Å². The zero-order valence-electron chi connectivity index (χ0n) is 17.4. The normalized spacial score (nSPS) is 19.4. The van der Waals surface area contributed by atoms with Crippen LogP contribution in [0.5, 0.6) is 0 Å². The van der Waals surface area contributed by atoms with E-state index in [1.54, 1.807) is 6.20 Å². The van der Waals surface area contributed by atoms with Gasteiger partial charge in [0, 0.05) is 18.2 Å². The molecule has 2 aromatic heterocycles. The lowest BCUT2D eigenvalue weighted by Gasteiger charge is -2.25. The van der Waals surface area contributed by atoms with E-state index in [9.17, 15) is 17.2 Å². The maximum atomic E-state index is 14.3. The Kier molecular flexibility index (Phi) is 5.44. The Morgan fingerprint density at radius 1 is 1.03 bits per heavy atom. The summed E-state index contributed by atoms with van der Waals surface area (Å²) >= 11 is 0. The second-order valence-corrected chi connectivity index (χ2v) is 10.8. The average molecular weight is 463 g/mol. The second-order valence-electron chi connectivity index (χ2n) is 8.47. The number of nitrogens with one attached hydrogen (secondary N) is 2. The molecule has 1 saturated carbocycles. The van der Waals surface area contributed by atoms with Crippen LogP contribution in [0, 0.1) is 11.6 Å². The smallest absolute Gasteiger partial charge is 0.224 e. The number of aromatic nitrogens is 4. The van der Waals surface area contributed by atoms with Crippen LogP contribution in [0.1, 0.15) is 44.6 Å². The Bertz CT molecular complexity index is 1240. The molecule has 0 amide bonds. The number of hydrogen-bond donors (Lipinski definition) is 2. The monoisotopic (exact) mass is 462 g/mol. The molecule has 1 aromatic carbocycles. The summed E-state index contributed by atoms with van der Waals surface area (Å²) < 4.78 is 53.4. The fraction of sp³-hybridized carbons (Fsp3) is 0.476. The van der Waals surface area contributed by atoms with Crippen molar-refractivity contribution in [2.45, 2.75) is 50.6 Å². The largest absolute Gasteiger partial charge is 0.351 e. The van der Waals surface area contributed by atoms with Crippen LogP contribution < -0.4 is 10.6 Å². The molecular weight excluding hydrogens is 438 g/mol. The first-order valence-corrected chi connectivity index (χ1v) is 12.6. The van der Waals surface area contributed by atoms with Gasteiger partial charge in [0.2, 0.25) is 11.9 Å². The lowest BCUT2D eigenvalue weighted by Crippen LogP contribution is -2.26. The molecule has 0 radical (unpaired) electrons. The summed E-state index contributed by atoms with van der Waals surface area (Å²) in [4.78, 5) is 13.6. The number of imidazole rings is 1. The number of anilines is 3.